The van der Waals surface area contributed by atoms with Crippen LogP contribution in [0.5, 0.6) is 0 Å². The van der Waals surface area contributed by atoms with Gasteiger partial charge in [0, 0.05) is 13.0 Å². The van der Waals surface area contributed by atoms with E-state index < -0.39 is 0 Å². The number of hydrogen-bond acceptors (Lipinski definition) is 2. The van der Waals surface area contributed by atoms with E-state index in [9.17, 15) is 4.79 Å². The second kappa shape index (κ2) is 3.71. The van der Waals surface area contributed by atoms with Crippen LogP contribution in [0.15, 0.2) is 0 Å². The van der Waals surface area contributed by atoms with Gasteiger partial charge in [-0.1, -0.05) is 12.8 Å². The van der Waals surface area contributed by atoms with Crippen LogP contribution < -0.4 is 0 Å². The Bertz CT molecular complexity index is 112. The summed E-state index contributed by atoms with van der Waals surface area (Å²) < 4.78 is 5.16. The Labute approximate surface area is 61.6 Å². The molecule has 1 saturated carbocycles. The first-order valence-corrected chi connectivity index (χ1v) is 3.86. The monoisotopic (exact) mass is 142 g/mol. The molecule has 0 heterocycles. The van der Waals surface area contributed by atoms with E-state index in [0.29, 0.717) is 0 Å². The molecule has 1 aliphatic carbocycles. The third-order valence-corrected chi connectivity index (χ3v) is 2.23. The Morgan fingerprint density at radius 3 is 2.60 bits per heavy atom. The molecule has 1 fully saturated rings. The van der Waals surface area contributed by atoms with Crippen molar-refractivity contribution in [2.24, 2.45) is 5.92 Å². The Kier molecular flexibility index (Phi) is 2.87. The maximum atomic E-state index is 10.4. The maximum absolute atomic E-state index is 10.4. The fourth-order valence-corrected chi connectivity index (χ4v) is 1.57. The molecule has 0 aliphatic heterocycles. The lowest BCUT2D eigenvalue weighted by molar-refractivity contribution is -0.116. The first-order valence-electron chi connectivity index (χ1n) is 3.86. The lowest BCUT2D eigenvalue weighted by Crippen LogP contribution is -2.27. The number of carbonyl (C=O) groups is 1. The first-order chi connectivity index (χ1) is 4.88. The standard InChI is InChI=1S/C8H14O2/c1-10-8-5-3-2-4-7(8)6-9/h6-8H,2-5H2,1H3/t7-,8+/m1/s1. The van der Waals surface area contributed by atoms with Crippen LogP contribution in [0.2, 0.25) is 0 Å². The predicted molar refractivity (Wildman–Crippen MR) is 38.8 cm³/mol. The van der Waals surface area contributed by atoms with E-state index in [4.69, 9.17) is 4.74 Å². The molecule has 0 radical (unpaired) electrons. The molecule has 2 nitrogen and oxygen atoms in total. The van der Waals surface area contributed by atoms with Crippen LogP contribution in [0.4, 0.5) is 0 Å². The summed E-state index contributed by atoms with van der Waals surface area (Å²) in [5, 5.41) is 0. The van der Waals surface area contributed by atoms with Crippen molar-refractivity contribution in [2.45, 2.75) is 31.8 Å². The number of aldehydes is 1. The molecule has 0 saturated heterocycles. The van der Waals surface area contributed by atoms with Gasteiger partial charge in [0.2, 0.25) is 0 Å². The molecule has 2 heteroatoms. The average molecular weight is 142 g/mol. The van der Waals surface area contributed by atoms with Gasteiger partial charge in [-0.2, -0.15) is 0 Å². The largest absolute Gasteiger partial charge is 0.381 e. The van der Waals surface area contributed by atoms with Gasteiger partial charge < -0.3 is 9.53 Å². The van der Waals surface area contributed by atoms with Crippen molar-refractivity contribution in [3.05, 3.63) is 0 Å². The summed E-state index contributed by atoms with van der Waals surface area (Å²) in [5.74, 6) is 0.166. The van der Waals surface area contributed by atoms with Gasteiger partial charge in [0.25, 0.3) is 0 Å². The van der Waals surface area contributed by atoms with E-state index in [-0.39, 0.29) is 12.0 Å². The number of ether oxygens (including phenoxy) is 1. The predicted octanol–water partition coefficient (Wildman–Crippen LogP) is 1.39. The van der Waals surface area contributed by atoms with E-state index in [1.165, 1.54) is 12.8 Å². The highest BCUT2D eigenvalue weighted by molar-refractivity contribution is 5.54. The van der Waals surface area contributed by atoms with Crippen LogP contribution in [0.25, 0.3) is 0 Å². The maximum Gasteiger partial charge on any atom is 0.125 e. The smallest absolute Gasteiger partial charge is 0.125 e. The lowest BCUT2D eigenvalue weighted by atomic mass is 9.87. The van der Waals surface area contributed by atoms with E-state index in [1.54, 1.807) is 7.11 Å². The SMILES string of the molecule is CO[C@H]1CCCC[C@@H]1C=O. The molecule has 0 spiro atoms. The van der Waals surface area contributed by atoms with Crippen molar-refractivity contribution in [1.29, 1.82) is 0 Å². The van der Waals surface area contributed by atoms with Crippen molar-refractivity contribution in [1.82, 2.24) is 0 Å². The topological polar surface area (TPSA) is 26.3 Å². The Hall–Kier alpha value is -0.370. The first kappa shape index (κ1) is 7.73. The van der Waals surface area contributed by atoms with Crippen LogP contribution in [0, 0.1) is 5.92 Å². The molecule has 0 aromatic rings. The van der Waals surface area contributed by atoms with Crippen LogP contribution in [0.1, 0.15) is 25.7 Å². The lowest BCUT2D eigenvalue weighted by Gasteiger charge is -2.25. The van der Waals surface area contributed by atoms with Crippen LogP contribution in [0.3, 0.4) is 0 Å². The molecule has 58 valence electrons. The normalized spacial score (nSPS) is 33.7. The molecular formula is C8H14O2. The molecule has 1 aliphatic rings. The molecule has 10 heavy (non-hydrogen) atoms. The minimum Gasteiger partial charge on any atom is -0.381 e. The molecule has 0 aromatic heterocycles. The Morgan fingerprint density at radius 1 is 1.40 bits per heavy atom. The Morgan fingerprint density at radius 2 is 2.10 bits per heavy atom. The number of rotatable bonds is 2. The third-order valence-electron chi connectivity index (χ3n) is 2.23. The molecule has 0 amide bonds. The van der Waals surface area contributed by atoms with E-state index in [0.717, 1.165) is 19.1 Å². The second-order valence-electron chi connectivity index (χ2n) is 2.86. The van der Waals surface area contributed by atoms with E-state index in [1.807, 2.05) is 0 Å². The number of carbonyl (C=O) groups excluding carboxylic acids is 1. The summed E-state index contributed by atoms with van der Waals surface area (Å²) >= 11 is 0. The zero-order valence-electron chi connectivity index (χ0n) is 6.38. The summed E-state index contributed by atoms with van der Waals surface area (Å²) in [7, 11) is 1.69. The zero-order chi connectivity index (χ0) is 7.40. The highest BCUT2D eigenvalue weighted by Crippen LogP contribution is 2.24. The van der Waals surface area contributed by atoms with Crippen molar-refractivity contribution >= 4 is 6.29 Å². The highest BCUT2D eigenvalue weighted by atomic mass is 16.5. The van der Waals surface area contributed by atoms with Gasteiger partial charge in [-0.05, 0) is 12.8 Å². The average Bonchev–Trinajstić information content (AvgIpc) is 2.04. The molecule has 1 rings (SSSR count). The minimum atomic E-state index is 0.166. The van der Waals surface area contributed by atoms with Crippen LogP contribution in [-0.4, -0.2) is 19.5 Å². The van der Waals surface area contributed by atoms with E-state index >= 15 is 0 Å². The fourth-order valence-electron chi connectivity index (χ4n) is 1.57. The van der Waals surface area contributed by atoms with Gasteiger partial charge in [0.05, 0.1) is 6.10 Å². The van der Waals surface area contributed by atoms with Gasteiger partial charge in [-0.3, -0.25) is 0 Å². The van der Waals surface area contributed by atoms with Crippen molar-refractivity contribution in [3.63, 3.8) is 0 Å². The van der Waals surface area contributed by atoms with Gasteiger partial charge >= 0.3 is 0 Å². The summed E-state index contributed by atoms with van der Waals surface area (Å²) in [6.07, 6.45) is 5.70. The third kappa shape index (κ3) is 1.57. The summed E-state index contributed by atoms with van der Waals surface area (Å²) in [6, 6.07) is 0. The second-order valence-corrected chi connectivity index (χ2v) is 2.86. The number of methoxy groups -OCH3 is 1. The summed E-state index contributed by atoms with van der Waals surface area (Å²) in [5.41, 5.74) is 0. The van der Waals surface area contributed by atoms with Crippen molar-refractivity contribution in [2.75, 3.05) is 7.11 Å². The van der Waals surface area contributed by atoms with Gasteiger partial charge in [-0.25, -0.2) is 0 Å². The number of hydrogen-bond donors (Lipinski definition) is 0. The molecule has 0 aromatic carbocycles. The molecule has 0 N–H and O–H groups in total. The van der Waals surface area contributed by atoms with Crippen LogP contribution in [-0.2, 0) is 9.53 Å². The molecule has 0 bridgehead atoms. The fraction of sp³-hybridized carbons (Fsp3) is 0.875. The quantitative estimate of drug-likeness (QED) is 0.544. The molecule has 0 unspecified atom stereocenters. The Balaban J connectivity index is 2.41. The van der Waals surface area contributed by atoms with Crippen molar-refractivity contribution < 1.29 is 9.53 Å². The van der Waals surface area contributed by atoms with E-state index in [2.05, 4.69) is 0 Å². The summed E-state index contributed by atoms with van der Waals surface area (Å²) in [6.45, 7) is 0. The molecular weight excluding hydrogens is 128 g/mol. The van der Waals surface area contributed by atoms with Crippen LogP contribution >= 0.6 is 0 Å². The highest BCUT2D eigenvalue weighted by Gasteiger charge is 2.23. The van der Waals surface area contributed by atoms with Gasteiger partial charge in [-0.15, -0.1) is 0 Å². The summed E-state index contributed by atoms with van der Waals surface area (Å²) in [4.78, 5) is 10.4. The van der Waals surface area contributed by atoms with Gasteiger partial charge in [0.1, 0.15) is 6.29 Å². The zero-order valence-corrected chi connectivity index (χ0v) is 6.38. The minimum absolute atomic E-state index is 0.166. The van der Waals surface area contributed by atoms with Gasteiger partial charge in [0.15, 0.2) is 0 Å². The molecule has 2 atom stereocenters. The van der Waals surface area contributed by atoms with Crippen molar-refractivity contribution in [3.8, 4) is 0 Å².